The van der Waals surface area contributed by atoms with Crippen molar-refractivity contribution in [2.24, 2.45) is 11.1 Å². The van der Waals surface area contributed by atoms with Crippen molar-refractivity contribution in [3.8, 4) is 11.5 Å². The maximum atomic E-state index is 14.9. The predicted octanol–water partition coefficient (Wildman–Crippen LogP) is 7.76. The third-order valence-electron chi connectivity index (χ3n) is 10.5. The normalized spacial score (nSPS) is 20.6. The molecule has 2 aliphatic rings. The van der Waals surface area contributed by atoms with Crippen molar-refractivity contribution in [3.05, 3.63) is 75.7 Å². The van der Waals surface area contributed by atoms with E-state index in [1.54, 1.807) is 45.0 Å². The summed E-state index contributed by atoms with van der Waals surface area (Å²) in [5, 5.41) is 10.6. The minimum absolute atomic E-state index is 0.0235. The number of piperidine rings is 2. The van der Waals surface area contributed by atoms with Gasteiger partial charge in [-0.15, -0.1) is 11.3 Å². The van der Waals surface area contributed by atoms with E-state index in [2.05, 4.69) is 4.98 Å². The Kier molecular flexibility index (Phi) is 12.2. The third-order valence-corrected chi connectivity index (χ3v) is 11.4. The van der Waals surface area contributed by atoms with E-state index in [0.717, 1.165) is 23.8 Å². The zero-order chi connectivity index (χ0) is 40.4. The smallest absolute Gasteiger partial charge is 0.425 e. The molecule has 0 bridgehead atoms. The van der Waals surface area contributed by atoms with Gasteiger partial charge < -0.3 is 30.1 Å². The van der Waals surface area contributed by atoms with Crippen molar-refractivity contribution in [1.29, 1.82) is 0 Å². The van der Waals surface area contributed by atoms with Crippen LogP contribution in [-0.2, 0) is 27.5 Å². The maximum absolute atomic E-state index is 14.9. The summed E-state index contributed by atoms with van der Waals surface area (Å²) in [5.41, 5.74) is 1.73. The van der Waals surface area contributed by atoms with Crippen molar-refractivity contribution in [2.45, 2.75) is 95.3 Å². The molecule has 17 heteroatoms. The number of benzene rings is 1. The number of hydrogen-bond acceptors (Lipinski definition) is 8. The standard InChI is InChI=1S/C38H44F6N4O6S/c1-4-8-29-36(54-24-21-30(55-23-24)38(42,43)44,12-7-17-48(29)31(49)25-22-46-16-11-26(25)37(39,40)41)32(50)47-18-13-35(45,14-19-47)27-9-5-6-10-28(27)53-20-15-34(2,3)33(51)52/h5-6,9-11,16,21-23,29H,4,7-8,12-15,17-20,45H2,1-3H3,(H,51,52)/t29-,36+/m1/s1. The van der Waals surface area contributed by atoms with Crippen LogP contribution >= 0.6 is 11.3 Å². The molecule has 0 saturated carbocycles. The van der Waals surface area contributed by atoms with Crippen molar-refractivity contribution < 1.29 is 55.3 Å². The van der Waals surface area contributed by atoms with Crippen LogP contribution in [0.2, 0.25) is 0 Å². The van der Waals surface area contributed by atoms with E-state index < -0.39 is 68.7 Å². The number of carboxylic acid groups (broad SMARTS) is 1. The summed E-state index contributed by atoms with van der Waals surface area (Å²) in [7, 11) is 0. The Labute approximate surface area is 318 Å². The van der Waals surface area contributed by atoms with E-state index >= 15 is 0 Å². The zero-order valence-corrected chi connectivity index (χ0v) is 31.5. The Hall–Kier alpha value is -4.38. The lowest BCUT2D eigenvalue weighted by Crippen LogP contribution is -2.69. The highest BCUT2D eigenvalue weighted by Gasteiger charge is 2.56. The average molecular weight is 799 g/mol. The number of aliphatic carboxylic acids is 1. The fourth-order valence-corrected chi connectivity index (χ4v) is 7.95. The SMILES string of the molecule is CCC[C@H]1N(C(=O)c2cnccc2C(F)(F)F)CCC[C@@]1(Oc1csc(C(F)(F)F)c1)C(=O)N1CCC(N)(c2ccccc2OCCC(C)(C)C(=O)O)CC1. The molecule has 10 nitrogen and oxygen atoms in total. The number of rotatable bonds is 12. The number of nitrogens with zero attached hydrogens (tertiary/aromatic N) is 3. The number of carbonyl (C=O) groups excluding carboxylic acids is 2. The summed E-state index contributed by atoms with van der Waals surface area (Å²) < 4.78 is 95.6. The monoisotopic (exact) mass is 798 g/mol. The molecule has 0 aliphatic carbocycles. The molecular weight excluding hydrogens is 754 g/mol. The molecule has 3 N–H and O–H groups in total. The van der Waals surface area contributed by atoms with Gasteiger partial charge in [-0.2, -0.15) is 26.3 Å². The minimum atomic E-state index is -4.89. The van der Waals surface area contributed by atoms with Crippen molar-refractivity contribution in [2.75, 3.05) is 26.2 Å². The number of alkyl halides is 6. The van der Waals surface area contributed by atoms with Crippen LogP contribution in [-0.4, -0.2) is 75.6 Å². The molecule has 300 valence electrons. The second-order valence-corrected chi connectivity index (χ2v) is 15.6. The first-order valence-electron chi connectivity index (χ1n) is 17.9. The lowest BCUT2D eigenvalue weighted by Gasteiger charge is -2.51. The highest BCUT2D eigenvalue weighted by Crippen LogP contribution is 2.44. The Balaban J connectivity index is 1.47. The summed E-state index contributed by atoms with van der Waals surface area (Å²) in [4.78, 5) is 46.1. The zero-order valence-electron chi connectivity index (χ0n) is 30.6. The number of ether oxygens (including phenoxy) is 2. The average Bonchev–Trinajstić information content (AvgIpc) is 3.61. The van der Waals surface area contributed by atoms with E-state index in [1.807, 2.05) is 0 Å². The summed E-state index contributed by atoms with van der Waals surface area (Å²) >= 11 is 0.375. The number of aromatic nitrogens is 1. The molecule has 0 unspecified atom stereocenters. The van der Waals surface area contributed by atoms with Gasteiger partial charge in [0.1, 0.15) is 16.4 Å². The lowest BCUT2D eigenvalue weighted by atomic mass is 9.77. The number of halogens is 6. The van der Waals surface area contributed by atoms with Crippen LogP contribution in [0.25, 0.3) is 0 Å². The van der Waals surface area contributed by atoms with Gasteiger partial charge in [0.25, 0.3) is 11.8 Å². The number of amides is 2. The van der Waals surface area contributed by atoms with Crippen LogP contribution in [0.5, 0.6) is 11.5 Å². The van der Waals surface area contributed by atoms with Crippen molar-refractivity contribution in [3.63, 3.8) is 0 Å². The quantitative estimate of drug-likeness (QED) is 0.178. The van der Waals surface area contributed by atoms with Crippen LogP contribution in [0.4, 0.5) is 26.3 Å². The molecule has 55 heavy (non-hydrogen) atoms. The molecule has 2 fully saturated rings. The molecule has 2 aliphatic heterocycles. The molecular formula is C38H44F6N4O6S. The summed E-state index contributed by atoms with van der Waals surface area (Å²) in [6, 6.07) is 7.37. The second kappa shape index (κ2) is 16.0. The fraction of sp³-hybridized carbons (Fsp3) is 0.526. The molecule has 1 aromatic carbocycles. The molecule has 2 saturated heterocycles. The van der Waals surface area contributed by atoms with E-state index in [0.29, 0.717) is 35.1 Å². The Bertz CT molecular complexity index is 1860. The topological polar surface area (TPSA) is 135 Å². The maximum Gasteiger partial charge on any atom is 0.425 e. The Morgan fingerprint density at radius 1 is 1.02 bits per heavy atom. The van der Waals surface area contributed by atoms with Gasteiger partial charge >= 0.3 is 18.3 Å². The van der Waals surface area contributed by atoms with E-state index in [-0.39, 0.29) is 70.5 Å². The summed E-state index contributed by atoms with van der Waals surface area (Å²) in [5.74, 6) is -2.40. The van der Waals surface area contributed by atoms with Crippen LogP contribution in [0, 0.1) is 5.41 Å². The van der Waals surface area contributed by atoms with Gasteiger partial charge in [-0.3, -0.25) is 19.4 Å². The van der Waals surface area contributed by atoms with E-state index in [4.69, 9.17) is 15.2 Å². The molecule has 5 rings (SSSR count). The summed E-state index contributed by atoms with van der Waals surface area (Å²) in [6.45, 7) is 5.17. The van der Waals surface area contributed by atoms with Gasteiger partial charge in [0.2, 0.25) is 5.60 Å². The first kappa shape index (κ1) is 41.8. The van der Waals surface area contributed by atoms with Gasteiger partial charge in [-0.05, 0) is 58.1 Å². The Morgan fingerprint density at radius 2 is 1.71 bits per heavy atom. The number of carboxylic acids is 1. The van der Waals surface area contributed by atoms with Crippen LogP contribution < -0.4 is 15.2 Å². The molecule has 2 atom stereocenters. The second-order valence-electron chi connectivity index (χ2n) is 14.7. The number of carbonyl (C=O) groups is 3. The van der Waals surface area contributed by atoms with Crippen LogP contribution in [0.3, 0.4) is 0 Å². The highest BCUT2D eigenvalue weighted by atomic mass is 32.1. The van der Waals surface area contributed by atoms with E-state index in [9.17, 15) is 45.8 Å². The number of thiophene rings is 1. The van der Waals surface area contributed by atoms with Crippen LogP contribution in [0.15, 0.2) is 54.2 Å². The number of para-hydroxylation sites is 1. The number of nitrogens with two attached hydrogens (primary N) is 1. The minimum Gasteiger partial charge on any atom is -0.493 e. The molecule has 2 aromatic heterocycles. The number of hydrogen-bond donors (Lipinski definition) is 2. The first-order chi connectivity index (χ1) is 25.7. The van der Waals surface area contributed by atoms with Crippen molar-refractivity contribution in [1.82, 2.24) is 14.8 Å². The number of likely N-dealkylation sites (tertiary alicyclic amines) is 2. The predicted molar refractivity (Wildman–Crippen MR) is 191 cm³/mol. The molecule has 3 aromatic rings. The van der Waals surface area contributed by atoms with E-state index in [1.165, 1.54) is 9.80 Å². The van der Waals surface area contributed by atoms with Gasteiger partial charge in [0.15, 0.2) is 0 Å². The summed E-state index contributed by atoms with van der Waals surface area (Å²) in [6.07, 6.45) is -6.65. The Morgan fingerprint density at radius 3 is 2.33 bits per heavy atom. The fourth-order valence-electron chi connectivity index (χ4n) is 7.27. The molecule has 4 heterocycles. The number of pyridine rings is 1. The van der Waals surface area contributed by atoms with Crippen molar-refractivity contribution >= 4 is 29.1 Å². The lowest BCUT2D eigenvalue weighted by molar-refractivity contribution is -0.161. The largest absolute Gasteiger partial charge is 0.493 e. The molecule has 0 spiro atoms. The molecule has 2 amide bonds. The third kappa shape index (κ3) is 8.87. The first-order valence-corrected chi connectivity index (χ1v) is 18.8. The van der Waals surface area contributed by atoms with Gasteiger partial charge in [0.05, 0.1) is 29.2 Å². The van der Waals surface area contributed by atoms with Gasteiger partial charge in [-0.25, -0.2) is 0 Å². The highest BCUT2D eigenvalue weighted by molar-refractivity contribution is 7.10. The van der Waals surface area contributed by atoms with Gasteiger partial charge in [0, 0.05) is 61.0 Å². The van der Waals surface area contributed by atoms with Gasteiger partial charge in [-0.1, -0.05) is 31.5 Å². The van der Waals surface area contributed by atoms with Crippen LogP contribution in [0.1, 0.15) is 92.1 Å². The molecule has 0 radical (unpaired) electrons.